The van der Waals surface area contributed by atoms with E-state index in [1.165, 1.54) is 0 Å². The van der Waals surface area contributed by atoms with Gasteiger partial charge in [-0.15, -0.1) is 0 Å². The first kappa shape index (κ1) is 18.6. The molecule has 2 aromatic rings. The lowest BCUT2D eigenvalue weighted by atomic mass is 9.97. The van der Waals surface area contributed by atoms with Gasteiger partial charge in [-0.05, 0) is 25.0 Å². The van der Waals surface area contributed by atoms with Crippen LogP contribution < -0.4 is 20.3 Å². The molecule has 142 valence electrons. The number of hydrogen-bond donors (Lipinski definition) is 2. The van der Waals surface area contributed by atoms with Crippen LogP contribution in [-0.2, 0) is 9.59 Å². The van der Waals surface area contributed by atoms with Gasteiger partial charge >= 0.3 is 0 Å². The molecule has 1 unspecified atom stereocenters. The van der Waals surface area contributed by atoms with E-state index in [-0.39, 0.29) is 24.3 Å². The van der Waals surface area contributed by atoms with Crippen LogP contribution in [0.4, 0.5) is 11.5 Å². The first-order chi connectivity index (χ1) is 13.2. The number of benzene rings is 1. The van der Waals surface area contributed by atoms with E-state index in [1.54, 1.807) is 49.9 Å². The van der Waals surface area contributed by atoms with Gasteiger partial charge in [0.05, 0.1) is 12.1 Å². The molecule has 3 rings (SSSR count). The Morgan fingerprint density at radius 1 is 1.33 bits per heavy atom. The van der Waals surface area contributed by atoms with Crippen molar-refractivity contribution in [3.05, 3.63) is 42.9 Å². The van der Waals surface area contributed by atoms with Crippen LogP contribution in [-0.4, -0.2) is 48.5 Å². The van der Waals surface area contributed by atoms with Gasteiger partial charge in [0.25, 0.3) is 5.91 Å². The Morgan fingerprint density at radius 3 is 3.00 bits per heavy atom. The number of hydrogen-bond acceptors (Lipinski definition) is 6. The second-order valence-corrected chi connectivity index (χ2v) is 6.33. The highest BCUT2D eigenvalue weighted by atomic mass is 16.5. The number of likely N-dealkylation sites (N-methyl/N-ethyl adjacent to an activating group) is 1. The second-order valence-electron chi connectivity index (χ2n) is 6.33. The average molecular weight is 369 g/mol. The van der Waals surface area contributed by atoms with Crippen molar-refractivity contribution in [2.24, 2.45) is 5.92 Å². The number of ether oxygens (including phenoxy) is 1. The van der Waals surface area contributed by atoms with E-state index in [4.69, 9.17) is 4.74 Å². The molecule has 1 aromatic carbocycles. The first-order valence-electron chi connectivity index (χ1n) is 8.91. The number of piperidine rings is 1. The highest BCUT2D eigenvalue weighted by Gasteiger charge is 2.26. The number of nitrogens with one attached hydrogen (secondary N) is 2. The van der Waals surface area contributed by atoms with Gasteiger partial charge in [-0.2, -0.15) is 0 Å². The summed E-state index contributed by atoms with van der Waals surface area (Å²) in [7, 11) is 1.55. The van der Waals surface area contributed by atoms with E-state index in [0.717, 1.165) is 25.2 Å². The highest BCUT2D eigenvalue weighted by Crippen LogP contribution is 2.23. The number of rotatable bonds is 6. The molecule has 8 nitrogen and oxygen atoms in total. The van der Waals surface area contributed by atoms with E-state index in [2.05, 4.69) is 25.5 Å². The zero-order valence-corrected chi connectivity index (χ0v) is 15.2. The predicted octanol–water partition coefficient (Wildman–Crippen LogP) is 1.46. The van der Waals surface area contributed by atoms with Crippen molar-refractivity contribution in [3.8, 4) is 5.75 Å². The maximum Gasteiger partial charge on any atom is 0.257 e. The van der Waals surface area contributed by atoms with Gasteiger partial charge in [-0.1, -0.05) is 6.07 Å². The molecule has 0 spiro atoms. The van der Waals surface area contributed by atoms with Gasteiger partial charge in [0.1, 0.15) is 11.6 Å². The van der Waals surface area contributed by atoms with Crippen molar-refractivity contribution in [2.45, 2.75) is 12.8 Å². The average Bonchev–Trinajstić information content (AvgIpc) is 2.73. The number of carbonyl (C=O) groups is 2. The van der Waals surface area contributed by atoms with E-state index >= 15 is 0 Å². The maximum atomic E-state index is 12.7. The molecule has 1 aliphatic rings. The Kier molecular flexibility index (Phi) is 6.19. The van der Waals surface area contributed by atoms with E-state index in [0.29, 0.717) is 18.0 Å². The molecule has 0 radical (unpaired) electrons. The molecular weight excluding hydrogens is 346 g/mol. The third-order valence-electron chi connectivity index (χ3n) is 4.42. The van der Waals surface area contributed by atoms with Crippen LogP contribution in [0.5, 0.6) is 5.75 Å². The molecule has 1 aromatic heterocycles. The van der Waals surface area contributed by atoms with Crippen molar-refractivity contribution in [2.75, 3.05) is 37.0 Å². The molecule has 2 N–H and O–H groups in total. The largest absolute Gasteiger partial charge is 0.484 e. The Hall–Kier alpha value is -3.16. The van der Waals surface area contributed by atoms with Crippen LogP contribution in [0.2, 0.25) is 0 Å². The highest BCUT2D eigenvalue weighted by molar-refractivity contribution is 5.93. The molecule has 1 saturated heterocycles. The van der Waals surface area contributed by atoms with E-state index in [1.807, 2.05) is 0 Å². The quantitative estimate of drug-likeness (QED) is 0.800. The summed E-state index contributed by atoms with van der Waals surface area (Å²) in [6.45, 7) is 1.41. The van der Waals surface area contributed by atoms with Crippen molar-refractivity contribution in [1.29, 1.82) is 0 Å². The molecule has 1 atom stereocenters. The summed E-state index contributed by atoms with van der Waals surface area (Å²) in [5.41, 5.74) is 0.644. The summed E-state index contributed by atoms with van der Waals surface area (Å²) in [6.07, 6.45) is 6.76. The minimum Gasteiger partial charge on any atom is -0.484 e. The van der Waals surface area contributed by atoms with Crippen molar-refractivity contribution in [1.82, 2.24) is 15.3 Å². The first-order valence-corrected chi connectivity index (χ1v) is 8.91. The SMILES string of the molecule is CNC(=O)COc1cccc(NC(=O)C2CCCN(c3cnccn3)C2)c1. The fourth-order valence-electron chi connectivity index (χ4n) is 2.98. The number of aromatic nitrogens is 2. The van der Waals surface area contributed by atoms with Gasteiger partial charge in [0.2, 0.25) is 5.91 Å². The fraction of sp³-hybridized carbons (Fsp3) is 0.368. The molecule has 2 amide bonds. The third kappa shape index (κ3) is 5.16. The molecule has 2 heterocycles. The van der Waals surface area contributed by atoms with Gasteiger partial charge in [-0.25, -0.2) is 4.98 Å². The Bertz CT molecular complexity index is 784. The van der Waals surface area contributed by atoms with Gasteiger partial charge in [-0.3, -0.25) is 14.6 Å². The van der Waals surface area contributed by atoms with Crippen LogP contribution in [0.1, 0.15) is 12.8 Å². The molecule has 8 heteroatoms. The molecular formula is C19H23N5O3. The zero-order valence-electron chi connectivity index (χ0n) is 15.2. The number of anilines is 2. The fourth-order valence-corrected chi connectivity index (χ4v) is 2.98. The maximum absolute atomic E-state index is 12.7. The Morgan fingerprint density at radius 2 is 2.22 bits per heavy atom. The third-order valence-corrected chi connectivity index (χ3v) is 4.42. The van der Waals surface area contributed by atoms with Crippen LogP contribution >= 0.6 is 0 Å². The lowest BCUT2D eigenvalue weighted by Crippen LogP contribution is -2.41. The van der Waals surface area contributed by atoms with Crippen molar-refractivity contribution >= 4 is 23.3 Å². The number of amides is 2. The number of carbonyl (C=O) groups excluding carboxylic acids is 2. The lowest BCUT2D eigenvalue weighted by molar-refractivity contribution is -0.122. The van der Waals surface area contributed by atoms with Crippen LogP contribution in [0.15, 0.2) is 42.9 Å². The summed E-state index contributed by atoms with van der Waals surface area (Å²) >= 11 is 0. The number of nitrogens with zero attached hydrogens (tertiary/aromatic N) is 3. The lowest BCUT2D eigenvalue weighted by Gasteiger charge is -2.32. The van der Waals surface area contributed by atoms with Crippen LogP contribution in [0.3, 0.4) is 0 Å². The van der Waals surface area contributed by atoms with Crippen LogP contribution in [0, 0.1) is 5.92 Å². The normalized spacial score (nSPS) is 16.5. The molecule has 0 bridgehead atoms. The minimum absolute atomic E-state index is 0.0351. The van der Waals surface area contributed by atoms with Gasteiger partial charge < -0.3 is 20.3 Å². The van der Waals surface area contributed by atoms with Crippen LogP contribution in [0.25, 0.3) is 0 Å². The minimum atomic E-state index is -0.212. The van der Waals surface area contributed by atoms with Crippen molar-refractivity contribution in [3.63, 3.8) is 0 Å². The smallest absolute Gasteiger partial charge is 0.257 e. The van der Waals surface area contributed by atoms with Gasteiger partial charge in [0.15, 0.2) is 6.61 Å². The standard InChI is InChI=1S/C19H23N5O3/c1-20-18(25)13-27-16-6-2-5-15(10-16)23-19(26)14-4-3-9-24(12-14)17-11-21-7-8-22-17/h2,5-8,10-11,14H,3-4,9,12-13H2,1H3,(H,20,25)(H,23,26). The summed E-state index contributed by atoms with van der Waals surface area (Å²) in [4.78, 5) is 34.5. The topological polar surface area (TPSA) is 96.5 Å². The Labute approximate surface area is 158 Å². The van der Waals surface area contributed by atoms with Gasteiger partial charge in [0, 0.05) is 44.3 Å². The summed E-state index contributed by atoms with van der Waals surface area (Å²) < 4.78 is 5.41. The van der Waals surface area contributed by atoms with Crippen molar-refractivity contribution < 1.29 is 14.3 Å². The zero-order chi connectivity index (χ0) is 19.1. The summed E-state index contributed by atoms with van der Waals surface area (Å²) in [5, 5.41) is 5.44. The molecule has 1 aliphatic heterocycles. The molecule has 0 saturated carbocycles. The van der Waals surface area contributed by atoms with E-state index < -0.39 is 0 Å². The predicted molar refractivity (Wildman–Crippen MR) is 102 cm³/mol. The molecule has 0 aliphatic carbocycles. The summed E-state index contributed by atoms with van der Waals surface area (Å²) in [5.74, 6) is 0.944. The Balaban J connectivity index is 1.59. The van der Waals surface area contributed by atoms with E-state index in [9.17, 15) is 9.59 Å². The molecule has 1 fully saturated rings. The summed E-state index contributed by atoms with van der Waals surface area (Å²) in [6, 6.07) is 7.04. The second kappa shape index (κ2) is 8.98. The monoisotopic (exact) mass is 369 g/mol. The molecule has 27 heavy (non-hydrogen) atoms.